The molecule has 2 N–H and O–H groups in total. The van der Waals surface area contributed by atoms with E-state index >= 15 is 0 Å². The van der Waals surface area contributed by atoms with Crippen LogP contribution in [0, 0.1) is 25.3 Å². The molecule has 0 fully saturated rings. The van der Waals surface area contributed by atoms with E-state index in [4.69, 9.17) is 4.74 Å². The van der Waals surface area contributed by atoms with Gasteiger partial charge in [0.05, 0.1) is 36.1 Å². The van der Waals surface area contributed by atoms with E-state index < -0.39 is 0 Å². The molecule has 3 heterocycles. The van der Waals surface area contributed by atoms with Gasteiger partial charge in [0.25, 0.3) is 0 Å². The highest BCUT2D eigenvalue weighted by Gasteiger charge is 2.22. The number of aryl methyl sites for hydroxylation is 2. The fraction of sp³-hybridized carbons (Fsp3) is 0.200. The molecule has 0 radical (unpaired) electrons. The van der Waals surface area contributed by atoms with Crippen LogP contribution in [0.15, 0.2) is 48.7 Å². The molecular weight excluding hydrogens is 414 g/mol. The van der Waals surface area contributed by atoms with Crippen LogP contribution in [-0.2, 0) is 0 Å². The molecular formula is C25H23N7O. The summed E-state index contributed by atoms with van der Waals surface area (Å²) in [6, 6.07) is 14.1. The molecule has 8 nitrogen and oxygen atoms in total. The van der Waals surface area contributed by atoms with Gasteiger partial charge in [0, 0.05) is 22.2 Å². The summed E-state index contributed by atoms with van der Waals surface area (Å²) in [5.74, 6) is 1.20. The van der Waals surface area contributed by atoms with Crippen LogP contribution in [0.25, 0.3) is 33.1 Å². The Morgan fingerprint density at radius 3 is 2.61 bits per heavy atom. The minimum absolute atomic E-state index is 0.0679. The van der Waals surface area contributed by atoms with Gasteiger partial charge in [0.15, 0.2) is 6.19 Å². The molecule has 5 rings (SSSR count). The second-order valence-corrected chi connectivity index (χ2v) is 8.00. The van der Waals surface area contributed by atoms with Crippen molar-refractivity contribution in [2.75, 3.05) is 12.4 Å². The second kappa shape index (κ2) is 7.95. The zero-order valence-electron chi connectivity index (χ0n) is 18.8. The van der Waals surface area contributed by atoms with Crippen LogP contribution < -0.4 is 10.1 Å². The lowest BCUT2D eigenvalue weighted by molar-refractivity contribution is 0.417. The largest absolute Gasteiger partial charge is 0.496 e. The number of benzene rings is 2. The van der Waals surface area contributed by atoms with Crippen molar-refractivity contribution in [2.24, 2.45) is 0 Å². The fourth-order valence-electron chi connectivity index (χ4n) is 4.51. The number of pyridine rings is 1. The molecule has 0 unspecified atom stereocenters. The molecule has 1 atom stereocenters. The SMILES string of the molecule is COc1cc2c(cc1-c1c(C)n[nH]c1C)ncc1nc(NC#N)n([C@H](C)c3ccccc3)c12. The monoisotopic (exact) mass is 437 g/mol. The van der Waals surface area contributed by atoms with Gasteiger partial charge in [-0.1, -0.05) is 30.3 Å². The summed E-state index contributed by atoms with van der Waals surface area (Å²) in [6.07, 6.45) is 3.76. The average molecular weight is 438 g/mol. The Kier molecular flexibility index (Phi) is 4.94. The molecule has 8 heteroatoms. The summed E-state index contributed by atoms with van der Waals surface area (Å²) in [6.45, 7) is 6.05. The molecule has 3 aromatic heterocycles. The second-order valence-electron chi connectivity index (χ2n) is 8.00. The maximum absolute atomic E-state index is 9.35. The third-order valence-corrected chi connectivity index (χ3v) is 6.07. The highest BCUT2D eigenvalue weighted by molar-refractivity contribution is 6.05. The zero-order valence-corrected chi connectivity index (χ0v) is 18.8. The molecule has 33 heavy (non-hydrogen) atoms. The zero-order chi connectivity index (χ0) is 23.1. The van der Waals surface area contributed by atoms with Crippen LogP contribution in [0.2, 0.25) is 0 Å². The number of anilines is 1. The standard InChI is InChI=1S/C25H23N7O/c1-14-23(15(2)31-30-14)19-10-20-18(11-22(19)33-4)24-21(12-27-20)29-25(28-13-26)32(24)16(3)17-8-6-5-7-9-17/h5-12,16H,1-4H3,(H,28,29)(H,30,31)/t16-/m1/s1. The summed E-state index contributed by atoms with van der Waals surface area (Å²) in [4.78, 5) is 9.35. The number of hydrogen-bond donors (Lipinski definition) is 2. The van der Waals surface area contributed by atoms with Crippen molar-refractivity contribution in [3.8, 4) is 23.1 Å². The summed E-state index contributed by atoms with van der Waals surface area (Å²) in [5, 5.41) is 20.4. The Morgan fingerprint density at radius 1 is 1.15 bits per heavy atom. The maximum atomic E-state index is 9.35. The summed E-state index contributed by atoms with van der Waals surface area (Å²) in [5.41, 5.74) is 7.31. The van der Waals surface area contributed by atoms with Gasteiger partial charge in [-0.05, 0) is 38.5 Å². The molecule has 0 saturated heterocycles. The number of imidazole rings is 1. The number of aromatic amines is 1. The van der Waals surface area contributed by atoms with Crippen molar-refractivity contribution < 1.29 is 4.74 Å². The predicted octanol–water partition coefficient (Wildman–Crippen LogP) is 5.10. The third kappa shape index (κ3) is 3.26. The van der Waals surface area contributed by atoms with Crippen LogP contribution >= 0.6 is 0 Å². The van der Waals surface area contributed by atoms with E-state index in [1.807, 2.05) is 54.9 Å². The van der Waals surface area contributed by atoms with Gasteiger partial charge < -0.3 is 9.30 Å². The van der Waals surface area contributed by atoms with Gasteiger partial charge >= 0.3 is 0 Å². The minimum Gasteiger partial charge on any atom is -0.496 e. The van der Waals surface area contributed by atoms with Crippen LogP contribution in [-0.4, -0.2) is 31.8 Å². The van der Waals surface area contributed by atoms with E-state index in [0.29, 0.717) is 11.5 Å². The summed E-state index contributed by atoms with van der Waals surface area (Å²) >= 11 is 0. The molecule has 0 aliphatic rings. The highest BCUT2D eigenvalue weighted by atomic mass is 16.5. The van der Waals surface area contributed by atoms with Crippen molar-refractivity contribution in [3.63, 3.8) is 0 Å². The number of rotatable bonds is 5. The van der Waals surface area contributed by atoms with Crippen LogP contribution in [0.1, 0.15) is 29.9 Å². The number of nitriles is 1. The first-order valence-corrected chi connectivity index (χ1v) is 10.6. The molecule has 0 spiro atoms. The van der Waals surface area contributed by atoms with Crippen LogP contribution in [0.4, 0.5) is 5.95 Å². The summed E-state index contributed by atoms with van der Waals surface area (Å²) < 4.78 is 7.86. The number of nitrogens with one attached hydrogen (secondary N) is 2. The minimum atomic E-state index is -0.0679. The highest BCUT2D eigenvalue weighted by Crippen LogP contribution is 2.40. The number of H-pyrrole nitrogens is 1. The number of nitrogens with zero attached hydrogens (tertiary/aromatic N) is 5. The first kappa shape index (κ1) is 20.5. The van der Waals surface area contributed by atoms with E-state index in [1.165, 1.54) is 0 Å². The topological polar surface area (TPSA) is 104 Å². The molecule has 0 bridgehead atoms. The molecule has 0 aliphatic heterocycles. The normalized spacial score (nSPS) is 12.1. The lowest BCUT2D eigenvalue weighted by Gasteiger charge is -2.18. The van der Waals surface area contributed by atoms with E-state index in [1.54, 1.807) is 13.3 Å². The molecule has 0 saturated carbocycles. The third-order valence-electron chi connectivity index (χ3n) is 6.07. The van der Waals surface area contributed by atoms with E-state index in [2.05, 4.69) is 44.5 Å². The van der Waals surface area contributed by atoms with Gasteiger partial charge in [-0.15, -0.1) is 0 Å². The maximum Gasteiger partial charge on any atom is 0.217 e. The quantitative estimate of drug-likeness (QED) is 0.293. The number of aromatic nitrogens is 5. The Hall–Kier alpha value is -4.38. The van der Waals surface area contributed by atoms with Crippen molar-refractivity contribution in [1.82, 2.24) is 24.7 Å². The first-order valence-electron chi connectivity index (χ1n) is 10.6. The Labute approximate surface area is 190 Å². The first-order chi connectivity index (χ1) is 16.0. The van der Waals surface area contributed by atoms with E-state index in [9.17, 15) is 5.26 Å². The molecule has 164 valence electrons. The van der Waals surface area contributed by atoms with E-state index in [-0.39, 0.29) is 6.04 Å². The number of fused-ring (bicyclic) bond motifs is 3. The van der Waals surface area contributed by atoms with Gasteiger partial charge in [0.2, 0.25) is 5.95 Å². The Morgan fingerprint density at radius 2 is 1.94 bits per heavy atom. The van der Waals surface area contributed by atoms with Crippen LogP contribution in [0.5, 0.6) is 5.75 Å². The number of hydrogen-bond acceptors (Lipinski definition) is 6. The number of ether oxygens (including phenoxy) is 1. The van der Waals surface area contributed by atoms with E-state index in [0.717, 1.165) is 50.2 Å². The van der Waals surface area contributed by atoms with Gasteiger partial charge in [-0.2, -0.15) is 10.4 Å². The smallest absolute Gasteiger partial charge is 0.217 e. The van der Waals surface area contributed by atoms with Crippen molar-refractivity contribution in [2.45, 2.75) is 26.8 Å². The van der Waals surface area contributed by atoms with Crippen molar-refractivity contribution in [3.05, 3.63) is 65.6 Å². The van der Waals surface area contributed by atoms with Gasteiger partial charge in [-0.3, -0.25) is 15.4 Å². The lowest BCUT2D eigenvalue weighted by atomic mass is 10.00. The molecule has 5 aromatic rings. The van der Waals surface area contributed by atoms with Crippen molar-refractivity contribution in [1.29, 1.82) is 5.26 Å². The predicted molar refractivity (Wildman–Crippen MR) is 128 cm³/mol. The average Bonchev–Trinajstić information content (AvgIpc) is 3.37. The van der Waals surface area contributed by atoms with Crippen LogP contribution in [0.3, 0.4) is 0 Å². The molecule has 0 aliphatic carbocycles. The van der Waals surface area contributed by atoms with Gasteiger partial charge in [0.1, 0.15) is 11.3 Å². The molecule has 0 amide bonds. The van der Waals surface area contributed by atoms with Crippen molar-refractivity contribution >= 4 is 27.9 Å². The Bertz CT molecular complexity index is 1510. The fourth-order valence-corrected chi connectivity index (χ4v) is 4.51. The van der Waals surface area contributed by atoms with Gasteiger partial charge in [-0.25, -0.2) is 4.98 Å². The number of methoxy groups -OCH3 is 1. The lowest BCUT2D eigenvalue weighted by Crippen LogP contribution is -2.10. The molecule has 2 aromatic carbocycles. The Balaban J connectivity index is 1.83. The summed E-state index contributed by atoms with van der Waals surface area (Å²) in [7, 11) is 1.66.